The van der Waals surface area contributed by atoms with Crippen LogP contribution in [0.5, 0.6) is 0 Å². The number of nitrogens with zero attached hydrogens (tertiary/aromatic N) is 3. The van der Waals surface area contributed by atoms with Gasteiger partial charge in [-0.15, -0.1) is 0 Å². The number of carbonyl (C=O) groups excluding carboxylic acids is 2. The molecular formula is C17H31N3O2. The van der Waals surface area contributed by atoms with Crippen molar-refractivity contribution >= 4 is 11.8 Å². The van der Waals surface area contributed by atoms with E-state index in [1.807, 2.05) is 16.7 Å². The third-order valence-electron chi connectivity index (χ3n) is 5.20. The van der Waals surface area contributed by atoms with Gasteiger partial charge in [0.25, 0.3) is 0 Å². The monoisotopic (exact) mass is 309 g/mol. The summed E-state index contributed by atoms with van der Waals surface area (Å²) in [5.41, 5.74) is 0. The van der Waals surface area contributed by atoms with Gasteiger partial charge in [0.2, 0.25) is 11.8 Å². The van der Waals surface area contributed by atoms with E-state index in [0.717, 1.165) is 52.0 Å². The van der Waals surface area contributed by atoms with E-state index in [-0.39, 0.29) is 17.7 Å². The van der Waals surface area contributed by atoms with Crippen LogP contribution in [0.2, 0.25) is 0 Å². The van der Waals surface area contributed by atoms with Crippen molar-refractivity contribution in [3.05, 3.63) is 0 Å². The molecule has 0 N–H and O–H groups in total. The Kier molecular flexibility index (Phi) is 6.24. The number of rotatable bonds is 4. The summed E-state index contributed by atoms with van der Waals surface area (Å²) in [5, 5.41) is 0. The molecule has 2 amide bonds. The van der Waals surface area contributed by atoms with Crippen LogP contribution >= 0.6 is 0 Å². The second-order valence-corrected chi connectivity index (χ2v) is 6.84. The van der Waals surface area contributed by atoms with Crippen LogP contribution in [0.15, 0.2) is 0 Å². The molecule has 2 fully saturated rings. The fraction of sp³-hybridized carbons (Fsp3) is 0.882. The first-order valence-corrected chi connectivity index (χ1v) is 8.83. The van der Waals surface area contributed by atoms with Gasteiger partial charge in [-0.3, -0.25) is 14.5 Å². The Morgan fingerprint density at radius 3 is 2.36 bits per heavy atom. The zero-order valence-electron chi connectivity index (χ0n) is 14.4. The number of carbonyl (C=O) groups is 2. The van der Waals surface area contributed by atoms with Gasteiger partial charge in [0.1, 0.15) is 0 Å². The van der Waals surface area contributed by atoms with Crippen molar-refractivity contribution in [1.29, 1.82) is 0 Å². The number of piperazine rings is 1. The molecule has 2 heterocycles. The second-order valence-electron chi connectivity index (χ2n) is 6.84. The summed E-state index contributed by atoms with van der Waals surface area (Å²) in [6, 6.07) is 0.384. The smallest absolute Gasteiger partial charge is 0.236 e. The van der Waals surface area contributed by atoms with Crippen molar-refractivity contribution in [2.75, 3.05) is 39.3 Å². The van der Waals surface area contributed by atoms with E-state index in [1.165, 1.54) is 6.42 Å². The summed E-state index contributed by atoms with van der Waals surface area (Å²) in [7, 11) is 0. The van der Waals surface area contributed by atoms with Crippen molar-refractivity contribution in [2.24, 2.45) is 5.92 Å². The van der Waals surface area contributed by atoms with Crippen LogP contribution in [0.4, 0.5) is 0 Å². The average molecular weight is 309 g/mol. The topological polar surface area (TPSA) is 43.9 Å². The van der Waals surface area contributed by atoms with Crippen molar-refractivity contribution in [3.63, 3.8) is 0 Å². The van der Waals surface area contributed by atoms with Crippen molar-refractivity contribution in [2.45, 2.75) is 52.5 Å². The lowest BCUT2D eigenvalue weighted by Gasteiger charge is -2.38. The molecule has 0 aromatic heterocycles. The first kappa shape index (κ1) is 17.3. The number of piperidine rings is 1. The van der Waals surface area contributed by atoms with Gasteiger partial charge in [-0.25, -0.2) is 0 Å². The van der Waals surface area contributed by atoms with Crippen LogP contribution in [0.1, 0.15) is 46.5 Å². The third kappa shape index (κ3) is 4.22. The summed E-state index contributed by atoms with van der Waals surface area (Å²) in [4.78, 5) is 30.8. The molecule has 2 aliphatic rings. The van der Waals surface area contributed by atoms with Gasteiger partial charge in [-0.05, 0) is 32.6 Å². The highest BCUT2D eigenvalue weighted by Crippen LogP contribution is 2.17. The van der Waals surface area contributed by atoms with Crippen LogP contribution in [0.25, 0.3) is 0 Å². The highest BCUT2D eigenvalue weighted by atomic mass is 16.2. The third-order valence-corrected chi connectivity index (χ3v) is 5.20. The SMILES string of the molecule is CCC(C)C(=O)N1CCN(CC(=O)N2CCCCC2C)CC1. The van der Waals surface area contributed by atoms with E-state index < -0.39 is 0 Å². The van der Waals surface area contributed by atoms with Crippen LogP contribution in [0.3, 0.4) is 0 Å². The maximum atomic E-state index is 12.5. The normalized spacial score (nSPS) is 25.1. The Labute approximate surface area is 134 Å². The molecule has 2 rings (SSSR count). The predicted molar refractivity (Wildman–Crippen MR) is 87.5 cm³/mol. The van der Waals surface area contributed by atoms with E-state index in [4.69, 9.17) is 0 Å². The summed E-state index contributed by atoms with van der Waals surface area (Å²) in [6.07, 6.45) is 4.39. The number of amides is 2. The van der Waals surface area contributed by atoms with Gasteiger partial charge < -0.3 is 9.80 Å². The van der Waals surface area contributed by atoms with Crippen molar-refractivity contribution < 1.29 is 9.59 Å². The Morgan fingerprint density at radius 1 is 1.09 bits per heavy atom. The van der Waals surface area contributed by atoms with Crippen molar-refractivity contribution in [3.8, 4) is 0 Å². The number of hydrogen-bond donors (Lipinski definition) is 0. The molecule has 5 heteroatoms. The Bertz CT molecular complexity index is 391. The molecular weight excluding hydrogens is 278 g/mol. The Hall–Kier alpha value is -1.10. The maximum absolute atomic E-state index is 12.5. The molecule has 5 nitrogen and oxygen atoms in total. The van der Waals surface area contributed by atoms with E-state index in [2.05, 4.69) is 18.7 Å². The van der Waals surface area contributed by atoms with Crippen LogP contribution < -0.4 is 0 Å². The minimum atomic E-state index is 0.113. The molecule has 22 heavy (non-hydrogen) atoms. The molecule has 0 bridgehead atoms. The first-order chi connectivity index (χ1) is 10.5. The molecule has 0 aromatic carbocycles. The zero-order valence-corrected chi connectivity index (χ0v) is 14.4. The van der Waals surface area contributed by atoms with Gasteiger partial charge in [0, 0.05) is 44.7 Å². The molecule has 0 radical (unpaired) electrons. The van der Waals surface area contributed by atoms with Crippen LogP contribution in [-0.4, -0.2) is 71.8 Å². The molecule has 126 valence electrons. The zero-order chi connectivity index (χ0) is 16.1. The number of likely N-dealkylation sites (tertiary alicyclic amines) is 1. The highest BCUT2D eigenvalue weighted by molar-refractivity contribution is 5.79. The minimum absolute atomic E-state index is 0.113. The molecule has 2 unspecified atom stereocenters. The van der Waals surface area contributed by atoms with E-state index >= 15 is 0 Å². The molecule has 2 aliphatic heterocycles. The van der Waals surface area contributed by atoms with Crippen molar-refractivity contribution in [1.82, 2.24) is 14.7 Å². The predicted octanol–water partition coefficient (Wildman–Crippen LogP) is 1.58. The Morgan fingerprint density at radius 2 is 1.77 bits per heavy atom. The molecule has 2 saturated heterocycles. The molecule has 0 saturated carbocycles. The lowest BCUT2D eigenvalue weighted by Crippen LogP contribution is -2.53. The summed E-state index contributed by atoms with van der Waals surface area (Å²) in [6.45, 7) is 10.8. The largest absolute Gasteiger partial charge is 0.340 e. The summed E-state index contributed by atoms with van der Waals surface area (Å²) >= 11 is 0. The van der Waals surface area contributed by atoms with Gasteiger partial charge in [-0.2, -0.15) is 0 Å². The lowest BCUT2D eigenvalue weighted by molar-refractivity contribution is -0.138. The quantitative estimate of drug-likeness (QED) is 0.792. The Balaban J connectivity index is 1.77. The van der Waals surface area contributed by atoms with E-state index in [0.29, 0.717) is 12.6 Å². The van der Waals surface area contributed by atoms with Gasteiger partial charge in [0.15, 0.2) is 0 Å². The minimum Gasteiger partial charge on any atom is -0.340 e. The van der Waals surface area contributed by atoms with Crippen LogP contribution in [-0.2, 0) is 9.59 Å². The summed E-state index contributed by atoms with van der Waals surface area (Å²) in [5.74, 6) is 0.634. The van der Waals surface area contributed by atoms with E-state index in [9.17, 15) is 9.59 Å². The average Bonchev–Trinajstić information content (AvgIpc) is 2.54. The standard InChI is InChI=1S/C17H31N3O2/c1-4-14(2)17(22)19-11-9-18(10-12-19)13-16(21)20-8-6-5-7-15(20)3/h14-15H,4-13H2,1-3H3. The van der Waals surface area contributed by atoms with Gasteiger partial charge in [0.05, 0.1) is 6.54 Å². The van der Waals surface area contributed by atoms with Crippen LogP contribution in [0, 0.1) is 5.92 Å². The van der Waals surface area contributed by atoms with E-state index in [1.54, 1.807) is 0 Å². The van der Waals surface area contributed by atoms with Gasteiger partial charge >= 0.3 is 0 Å². The van der Waals surface area contributed by atoms with Gasteiger partial charge in [-0.1, -0.05) is 13.8 Å². The maximum Gasteiger partial charge on any atom is 0.236 e. The highest BCUT2D eigenvalue weighted by Gasteiger charge is 2.28. The molecule has 2 atom stereocenters. The molecule has 0 aromatic rings. The number of hydrogen-bond acceptors (Lipinski definition) is 3. The molecule has 0 spiro atoms. The second kappa shape index (κ2) is 7.95. The summed E-state index contributed by atoms with van der Waals surface area (Å²) < 4.78 is 0. The first-order valence-electron chi connectivity index (χ1n) is 8.83. The molecule has 0 aliphatic carbocycles. The fourth-order valence-corrected chi connectivity index (χ4v) is 3.36. The lowest BCUT2D eigenvalue weighted by atomic mass is 10.0. The fourth-order valence-electron chi connectivity index (χ4n) is 3.36.